The van der Waals surface area contributed by atoms with Crippen molar-refractivity contribution in [2.45, 2.75) is 56.0 Å². The summed E-state index contributed by atoms with van der Waals surface area (Å²) in [6, 6.07) is 9.78. The minimum absolute atomic E-state index is 0.226. The number of rotatable bonds is 11. The first-order valence-electron chi connectivity index (χ1n) is 11.3. The lowest BCUT2D eigenvalue weighted by Crippen LogP contribution is -2.19. The Morgan fingerprint density at radius 3 is 2.67 bits per heavy atom. The Labute approximate surface area is 198 Å². The van der Waals surface area contributed by atoms with Crippen LogP contribution in [0.2, 0.25) is 0 Å². The van der Waals surface area contributed by atoms with Crippen LogP contribution in [0.15, 0.2) is 46.2 Å². The van der Waals surface area contributed by atoms with Crippen molar-refractivity contribution in [2.75, 3.05) is 26.6 Å². The topological polar surface area (TPSA) is 91.8 Å². The zero-order valence-corrected chi connectivity index (χ0v) is 19.9. The first kappa shape index (κ1) is 23.7. The Bertz CT molecular complexity index is 1000. The van der Waals surface area contributed by atoms with Gasteiger partial charge in [0.25, 0.3) is 0 Å². The second kappa shape index (κ2) is 11.6. The lowest BCUT2D eigenvalue weighted by Gasteiger charge is -2.25. The van der Waals surface area contributed by atoms with Gasteiger partial charge in [0, 0.05) is 11.8 Å². The molecule has 0 amide bonds. The first-order valence-corrected chi connectivity index (χ1v) is 12.3. The molecule has 178 valence electrons. The van der Waals surface area contributed by atoms with Crippen molar-refractivity contribution < 1.29 is 23.7 Å². The van der Waals surface area contributed by atoms with Crippen LogP contribution in [0.4, 0.5) is 0 Å². The number of aliphatic hydroxyl groups is 1. The maximum absolute atomic E-state index is 10.5. The SMILES string of the molecule is COc1ccc(COCC(O)CSc2nnc(-c3ccco3)n2C2CCCCC2)cc1OC. The summed E-state index contributed by atoms with van der Waals surface area (Å²) in [5.74, 6) is 3.28. The third kappa shape index (κ3) is 5.90. The number of aromatic nitrogens is 3. The molecule has 8 nitrogen and oxygen atoms in total. The molecule has 4 rings (SSSR count). The Balaban J connectivity index is 1.34. The normalized spacial score (nSPS) is 15.5. The van der Waals surface area contributed by atoms with E-state index in [4.69, 9.17) is 18.6 Å². The number of aliphatic hydroxyl groups excluding tert-OH is 1. The molecule has 0 aliphatic heterocycles. The largest absolute Gasteiger partial charge is 0.493 e. The zero-order valence-electron chi connectivity index (χ0n) is 19.1. The van der Waals surface area contributed by atoms with Crippen molar-refractivity contribution in [1.29, 1.82) is 0 Å². The Morgan fingerprint density at radius 1 is 1.12 bits per heavy atom. The summed E-state index contributed by atoms with van der Waals surface area (Å²) in [5, 5.41) is 20.1. The summed E-state index contributed by atoms with van der Waals surface area (Å²) in [6.45, 7) is 0.604. The van der Waals surface area contributed by atoms with Gasteiger partial charge in [0.05, 0.1) is 39.8 Å². The highest BCUT2D eigenvalue weighted by molar-refractivity contribution is 7.99. The number of methoxy groups -OCH3 is 2. The van der Waals surface area contributed by atoms with Crippen molar-refractivity contribution in [3.05, 3.63) is 42.2 Å². The highest BCUT2D eigenvalue weighted by Crippen LogP contribution is 2.36. The molecule has 1 N–H and O–H groups in total. The summed E-state index contributed by atoms with van der Waals surface area (Å²) >= 11 is 1.51. The number of benzene rings is 1. The van der Waals surface area contributed by atoms with Crippen LogP contribution in [-0.2, 0) is 11.3 Å². The van der Waals surface area contributed by atoms with Crippen molar-refractivity contribution in [2.24, 2.45) is 0 Å². The highest BCUT2D eigenvalue weighted by Gasteiger charge is 2.25. The standard InChI is InChI=1S/C24H31N3O5S/c1-29-20-11-10-17(13-22(20)30-2)14-31-15-19(28)16-33-24-26-25-23(21-9-6-12-32-21)27(24)18-7-4-3-5-8-18/h6,9-13,18-19,28H,3-5,7-8,14-16H2,1-2H3. The quantitative estimate of drug-likeness (QED) is 0.400. The van der Waals surface area contributed by atoms with E-state index >= 15 is 0 Å². The molecule has 2 heterocycles. The fraction of sp³-hybridized carbons (Fsp3) is 0.500. The summed E-state index contributed by atoms with van der Waals surface area (Å²) in [7, 11) is 3.21. The van der Waals surface area contributed by atoms with Gasteiger partial charge in [-0.1, -0.05) is 37.1 Å². The molecular weight excluding hydrogens is 442 g/mol. The third-order valence-electron chi connectivity index (χ3n) is 5.78. The van der Waals surface area contributed by atoms with Gasteiger partial charge in [-0.3, -0.25) is 4.57 Å². The smallest absolute Gasteiger partial charge is 0.200 e. The Kier molecular flexibility index (Phi) is 8.30. The molecule has 1 saturated carbocycles. The zero-order chi connectivity index (χ0) is 23.0. The van der Waals surface area contributed by atoms with Crippen LogP contribution in [0.25, 0.3) is 11.6 Å². The fourth-order valence-corrected chi connectivity index (χ4v) is 5.03. The van der Waals surface area contributed by atoms with Gasteiger partial charge in [-0.05, 0) is 42.7 Å². The van der Waals surface area contributed by atoms with Gasteiger partial charge in [0.1, 0.15) is 0 Å². The van der Waals surface area contributed by atoms with Crippen molar-refractivity contribution in [3.8, 4) is 23.1 Å². The van der Waals surface area contributed by atoms with Gasteiger partial charge in [-0.15, -0.1) is 10.2 Å². The number of thioether (sulfide) groups is 1. The third-order valence-corrected chi connectivity index (χ3v) is 6.87. The number of nitrogens with zero attached hydrogens (tertiary/aromatic N) is 3. The molecule has 9 heteroatoms. The van der Waals surface area contributed by atoms with Gasteiger partial charge in [-0.25, -0.2) is 0 Å². The molecule has 0 spiro atoms. The first-order chi connectivity index (χ1) is 16.2. The second-order valence-electron chi connectivity index (χ2n) is 8.11. The minimum Gasteiger partial charge on any atom is -0.493 e. The van der Waals surface area contributed by atoms with Crippen LogP contribution in [0, 0.1) is 0 Å². The molecule has 0 radical (unpaired) electrons. The molecule has 0 bridgehead atoms. The minimum atomic E-state index is -0.626. The van der Waals surface area contributed by atoms with E-state index in [1.54, 1.807) is 20.5 Å². The summed E-state index contributed by atoms with van der Waals surface area (Å²) < 4.78 is 24.1. The monoisotopic (exact) mass is 473 g/mol. The fourth-order valence-electron chi connectivity index (χ4n) is 4.12. The van der Waals surface area contributed by atoms with Crippen molar-refractivity contribution >= 4 is 11.8 Å². The van der Waals surface area contributed by atoms with Crippen LogP contribution in [-0.4, -0.2) is 52.6 Å². The van der Waals surface area contributed by atoms with Crippen LogP contribution < -0.4 is 9.47 Å². The molecule has 1 aromatic carbocycles. The molecule has 2 aromatic heterocycles. The maximum Gasteiger partial charge on any atom is 0.200 e. The molecule has 1 aliphatic carbocycles. The summed E-state index contributed by atoms with van der Waals surface area (Å²) in [5.41, 5.74) is 0.952. The van der Waals surface area contributed by atoms with E-state index in [0.717, 1.165) is 35.1 Å². The Hall–Kier alpha value is -2.49. The lowest BCUT2D eigenvalue weighted by molar-refractivity contribution is 0.0397. The van der Waals surface area contributed by atoms with E-state index in [-0.39, 0.29) is 6.61 Å². The molecule has 3 aromatic rings. The van der Waals surface area contributed by atoms with Crippen LogP contribution >= 0.6 is 11.8 Å². The van der Waals surface area contributed by atoms with E-state index < -0.39 is 6.10 Å². The average molecular weight is 474 g/mol. The summed E-state index contributed by atoms with van der Waals surface area (Å²) in [4.78, 5) is 0. The van der Waals surface area contributed by atoms with Gasteiger partial charge in [-0.2, -0.15) is 0 Å². The number of ether oxygens (including phenoxy) is 3. The summed E-state index contributed by atoms with van der Waals surface area (Å²) in [6.07, 6.45) is 6.93. The maximum atomic E-state index is 10.5. The van der Waals surface area contributed by atoms with Gasteiger partial charge in [0.2, 0.25) is 5.82 Å². The van der Waals surface area contributed by atoms with Gasteiger partial charge >= 0.3 is 0 Å². The van der Waals surface area contributed by atoms with Gasteiger partial charge in [0.15, 0.2) is 22.4 Å². The predicted molar refractivity (Wildman–Crippen MR) is 126 cm³/mol. The lowest BCUT2D eigenvalue weighted by atomic mass is 9.95. The van der Waals surface area contributed by atoms with E-state index in [0.29, 0.717) is 29.9 Å². The number of hydrogen-bond acceptors (Lipinski definition) is 8. The molecule has 1 atom stereocenters. The molecule has 1 unspecified atom stereocenters. The molecule has 33 heavy (non-hydrogen) atoms. The van der Waals surface area contributed by atoms with Crippen LogP contribution in [0.1, 0.15) is 43.7 Å². The van der Waals surface area contributed by atoms with Crippen molar-refractivity contribution in [1.82, 2.24) is 14.8 Å². The van der Waals surface area contributed by atoms with Crippen molar-refractivity contribution in [3.63, 3.8) is 0 Å². The Morgan fingerprint density at radius 2 is 1.94 bits per heavy atom. The van der Waals surface area contributed by atoms with E-state index in [1.165, 1.54) is 31.0 Å². The highest BCUT2D eigenvalue weighted by atomic mass is 32.2. The second-order valence-corrected chi connectivity index (χ2v) is 9.10. The van der Waals surface area contributed by atoms with E-state index in [1.807, 2.05) is 30.3 Å². The molecular formula is C24H31N3O5S. The molecule has 1 aliphatic rings. The number of furan rings is 1. The van der Waals surface area contributed by atoms with E-state index in [2.05, 4.69) is 14.8 Å². The number of hydrogen-bond donors (Lipinski definition) is 1. The van der Waals surface area contributed by atoms with Crippen LogP contribution in [0.3, 0.4) is 0 Å². The van der Waals surface area contributed by atoms with E-state index in [9.17, 15) is 5.11 Å². The van der Waals surface area contributed by atoms with Gasteiger partial charge < -0.3 is 23.7 Å². The molecule has 1 fully saturated rings. The molecule has 0 saturated heterocycles. The predicted octanol–water partition coefficient (Wildman–Crippen LogP) is 4.73. The average Bonchev–Trinajstić information content (AvgIpc) is 3.53. The van der Waals surface area contributed by atoms with Crippen LogP contribution in [0.5, 0.6) is 11.5 Å².